The fourth-order valence-corrected chi connectivity index (χ4v) is 7.76. The van der Waals surface area contributed by atoms with E-state index in [4.69, 9.17) is 28.4 Å². The third-order valence-electron chi connectivity index (χ3n) is 12.2. The molecule has 7 N–H and O–H groups in total. The van der Waals surface area contributed by atoms with Crippen molar-refractivity contribution in [3.63, 3.8) is 0 Å². The lowest BCUT2D eigenvalue weighted by molar-refractivity contribution is -0.332. The van der Waals surface area contributed by atoms with E-state index in [0.717, 1.165) is 89.9 Å². The Morgan fingerprint density at radius 1 is 0.457 bits per heavy atom. The van der Waals surface area contributed by atoms with Gasteiger partial charge in [0.25, 0.3) is 0 Å². The van der Waals surface area contributed by atoms with E-state index < -0.39 is 99.3 Å². The van der Waals surface area contributed by atoms with Crippen molar-refractivity contribution in [1.29, 1.82) is 0 Å². The van der Waals surface area contributed by atoms with E-state index >= 15 is 0 Å². The summed E-state index contributed by atoms with van der Waals surface area (Å²) in [5.74, 6) is -0.981. The zero-order valence-corrected chi connectivity index (χ0v) is 42.5. The maximum absolute atomic E-state index is 13.0. The van der Waals surface area contributed by atoms with Crippen LogP contribution < -0.4 is 0 Å². The van der Waals surface area contributed by atoms with E-state index in [9.17, 15) is 45.3 Å². The average Bonchev–Trinajstić information content (AvgIpc) is 3.35. The number of unbranched alkanes of at least 4 members (excludes halogenated alkanes) is 14. The lowest BCUT2D eigenvalue weighted by Crippen LogP contribution is -2.61. The minimum Gasteiger partial charge on any atom is -0.462 e. The zero-order chi connectivity index (χ0) is 51.0. The summed E-state index contributed by atoms with van der Waals surface area (Å²) in [6, 6.07) is 0. The van der Waals surface area contributed by atoms with E-state index in [2.05, 4.69) is 86.8 Å². The number of ether oxygens (including phenoxy) is 6. The first-order valence-electron chi connectivity index (χ1n) is 26.5. The van der Waals surface area contributed by atoms with Gasteiger partial charge in [-0.3, -0.25) is 9.59 Å². The number of esters is 2. The summed E-state index contributed by atoms with van der Waals surface area (Å²) in [7, 11) is 0. The number of hydrogen-bond acceptors (Lipinski definition) is 15. The molecule has 0 radical (unpaired) electrons. The third kappa shape index (κ3) is 28.8. The first-order valence-corrected chi connectivity index (χ1v) is 26.5. The van der Waals surface area contributed by atoms with Crippen LogP contribution in [0.25, 0.3) is 0 Å². The summed E-state index contributed by atoms with van der Waals surface area (Å²) in [6.07, 6.45) is 32.0. The Kier molecular flexibility index (Phi) is 37.3. The fraction of sp³-hybridized carbons (Fsp3) is 0.745. The van der Waals surface area contributed by atoms with Gasteiger partial charge in [0, 0.05) is 12.8 Å². The smallest absolute Gasteiger partial charge is 0.306 e. The SMILES string of the molecule is CCCCC/C=C/C/C=C/C/C=C/CCCCCCC(=O)OC[C@@H](CO[C@@H]1O[C@H](CO[C@@H]2O[C@H](CO)[C@H](O)C(O)C2O)[C@H](O)C(O)C1O)OC(=O)CCCCCC/C=C/C/C=C/C/C=C/CCCCC. The largest absolute Gasteiger partial charge is 0.462 e. The molecule has 70 heavy (non-hydrogen) atoms. The van der Waals surface area contributed by atoms with E-state index in [-0.39, 0.29) is 19.4 Å². The maximum atomic E-state index is 13.0. The molecule has 11 atom stereocenters. The van der Waals surface area contributed by atoms with Crippen LogP contribution in [0.3, 0.4) is 0 Å². The summed E-state index contributed by atoms with van der Waals surface area (Å²) < 4.78 is 33.6. The number of allylic oxidation sites excluding steroid dienone is 12. The molecule has 0 bridgehead atoms. The molecule has 2 saturated heterocycles. The van der Waals surface area contributed by atoms with Gasteiger partial charge in [0.15, 0.2) is 18.7 Å². The molecule has 2 fully saturated rings. The van der Waals surface area contributed by atoms with Gasteiger partial charge >= 0.3 is 11.9 Å². The maximum Gasteiger partial charge on any atom is 0.306 e. The van der Waals surface area contributed by atoms with Gasteiger partial charge < -0.3 is 64.2 Å². The van der Waals surface area contributed by atoms with Crippen molar-refractivity contribution < 1.29 is 73.8 Å². The van der Waals surface area contributed by atoms with Gasteiger partial charge in [-0.25, -0.2) is 0 Å². The predicted molar refractivity (Wildman–Crippen MR) is 270 cm³/mol. The third-order valence-corrected chi connectivity index (χ3v) is 12.2. The Morgan fingerprint density at radius 3 is 1.33 bits per heavy atom. The average molecular weight is 993 g/mol. The van der Waals surface area contributed by atoms with Crippen LogP contribution >= 0.6 is 0 Å². The second-order valence-electron chi connectivity index (χ2n) is 18.3. The van der Waals surface area contributed by atoms with Gasteiger partial charge in [0.1, 0.15) is 55.4 Å². The topological polar surface area (TPSA) is 231 Å². The van der Waals surface area contributed by atoms with Crippen LogP contribution in [0, 0.1) is 0 Å². The molecule has 0 aromatic heterocycles. The summed E-state index contributed by atoms with van der Waals surface area (Å²) in [5.41, 5.74) is 0. The van der Waals surface area contributed by atoms with Gasteiger partial charge in [-0.1, -0.05) is 138 Å². The molecular weight excluding hydrogens is 901 g/mol. The summed E-state index contributed by atoms with van der Waals surface area (Å²) in [5, 5.41) is 72.1. The van der Waals surface area contributed by atoms with Gasteiger partial charge in [0.2, 0.25) is 0 Å². The Labute approximate surface area is 419 Å². The lowest BCUT2D eigenvalue weighted by atomic mass is 9.98. The standard InChI is InChI=1S/C55H92O15/c1-3-5-7-9-11-13-15-17-19-21-23-25-27-29-31-33-35-37-46(57)65-40-43(68-47(58)38-36-34-32-30-28-26-24-22-20-18-16-14-12-10-8-6-4-2)41-66-54-53(64)51(62)49(60)45(70-54)42-67-55-52(63)50(61)48(59)44(39-56)69-55/h11-14,17-20,23-26,43-45,48-56,59-64H,3-10,15-16,21-22,27-42H2,1-2H3/b13-11+,14-12+,19-17+,20-18+,25-23+,26-24+/t43-,44+,45+,48-,49-,50?,51?,52?,53?,54+,55+/m0/s1. The van der Waals surface area contributed by atoms with Crippen molar-refractivity contribution in [1.82, 2.24) is 0 Å². The summed E-state index contributed by atoms with van der Waals surface area (Å²) in [4.78, 5) is 25.8. The van der Waals surface area contributed by atoms with E-state index in [0.29, 0.717) is 12.8 Å². The van der Waals surface area contributed by atoms with Crippen LogP contribution in [0.4, 0.5) is 0 Å². The van der Waals surface area contributed by atoms with Crippen molar-refractivity contribution in [3.8, 4) is 0 Å². The predicted octanol–water partition coefficient (Wildman–Crippen LogP) is 7.82. The van der Waals surface area contributed by atoms with Crippen molar-refractivity contribution in [2.75, 3.05) is 26.4 Å². The summed E-state index contributed by atoms with van der Waals surface area (Å²) >= 11 is 0. The van der Waals surface area contributed by atoms with E-state index in [1.165, 1.54) is 38.5 Å². The second-order valence-corrected chi connectivity index (χ2v) is 18.3. The Hall–Kier alpha value is -3.06. The van der Waals surface area contributed by atoms with E-state index in [1.54, 1.807) is 0 Å². The second kappa shape index (κ2) is 41.4. The zero-order valence-electron chi connectivity index (χ0n) is 42.5. The minimum atomic E-state index is -1.78. The molecule has 0 aliphatic carbocycles. The molecule has 0 saturated carbocycles. The number of rotatable bonds is 40. The first kappa shape index (κ1) is 63.1. The highest BCUT2D eigenvalue weighted by Gasteiger charge is 2.47. The van der Waals surface area contributed by atoms with Crippen LogP contribution in [0.5, 0.6) is 0 Å². The van der Waals surface area contributed by atoms with Gasteiger partial charge in [-0.05, 0) is 89.9 Å². The Bertz CT molecular complexity index is 1490. The summed E-state index contributed by atoms with van der Waals surface area (Å²) in [6.45, 7) is 2.47. The fourth-order valence-electron chi connectivity index (χ4n) is 7.76. The quantitative estimate of drug-likeness (QED) is 0.0176. The Morgan fingerprint density at radius 2 is 0.857 bits per heavy atom. The van der Waals surface area contributed by atoms with Crippen molar-refractivity contribution in [2.45, 2.75) is 235 Å². The molecule has 0 aromatic rings. The van der Waals surface area contributed by atoms with Gasteiger partial charge in [-0.15, -0.1) is 0 Å². The highest BCUT2D eigenvalue weighted by molar-refractivity contribution is 5.70. The molecule has 2 aliphatic heterocycles. The molecule has 4 unspecified atom stereocenters. The highest BCUT2D eigenvalue weighted by atomic mass is 16.7. The Balaban J connectivity index is 1.83. The number of hydrogen-bond donors (Lipinski definition) is 7. The molecule has 0 amide bonds. The van der Waals surface area contributed by atoms with Gasteiger partial charge in [0.05, 0.1) is 19.8 Å². The molecule has 15 nitrogen and oxygen atoms in total. The minimum absolute atomic E-state index is 0.131. The number of aliphatic hydroxyl groups is 7. The number of carbonyl (C=O) groups excluding carboxylic acids is 2. The van der Waals surface area contributed by atoms with E-state index in [1.807, 2.05) is 0 Å². The number of carbonyl (C=O) groups is 2. The normalized spacial score (nSPS) is 26.0. The lowest BCUT2D eigenvalue weighted by Gasteiger charge is -2.42. The van der Waals surface area contributed by atoms with Crippen LogP contribution in [0.15, 0.2) is 72.9 Å². The monoisotopic (exact) mass is 993 g/mol. The molecule has 2 rings (SSSR count). The van der Waals surface area contributed by atoms with Crippen molar-refractivity contribution >= 4 is 11.9 Å². The molecule has 15 heteroatoms. The van der Waals surface area contributed by atoms with Crippen molar-refractivity contribution in [3.05, 3.63) is 72.9 Å². The molecule has 0 aromatic carbocycles. The highest BCUT2D eigenvalue weighted by Crippen LogP contribution is 2.26. The van der Waals surface area contributed by atoms with Crippen LogP contribution in [0.2, 0.25) is 0 Å². The number of aliphatic hydroxyl groups excluding tert-OH is 7. The van der Waals surface area contributed by atoms with Crippen LogP contribution in [0.1, 0.15) is 168 Å². The molecule has 2 aliphatic rings. The molecule has 2 heterocycles. The van der Waals surface area contributed by atoms with Crippen LogP contribution in [-0.4, -0.2) is 142 Å². The van der Waals surface area contributed by atoms with Gasteiger partial charge in [-0.2, -0.15) is 0 Å². The molecule has 402 valence electrons. The molecular formula is C55H92O15. The van der Waals surface area contributed by atoms with Crippen LogP contribution in [-0.2, 0) is 38.0 Å². The molecule has 0 spiro atoms. The first-order chi connectivity index (χ1) is 34.0. The van der Waals surface area contributed by atoms with Crippen molar-refractivity contribution in [2.24, 2.45) is 0 Å².